The summed E-state index contributed by atoms with van der Waals surface area (Å²) >= 11 is 0. The van der Waals surface area contributed by atoms with Crippen molar-refractivity contribution < 1.29 is 9.59 Å². The van der Waals surface area contributed by atoms with Crippen molar-refractivity contribution in [1.29, 1.82) is 0 Å². The van der Waals surface area contributed by atoms with E-state index < -0.39 is 0 Å². The van der Waals surface area contributed by atoms with Crippen LogP contribution >= 0.6 is 0 Å². The van der Waals surface area contributed by atoms with Crippen molar-refractivity contribution in [3.63, 3.8) is 0 Å². The number of pyridine rings is 1. The van der Waals surface area contributed by atoms with Crippen LogP contribution in [0.4, 0.5) is 5.69 Å². The molecule has 0 saturated carbocycles. The lowest BCUT2D eigenvalue weighted by Gasteiger charge is -2.36. The molecule has 0 aliphatic carbocycles. The van der Waals surface area contributed by atoms with Crippen LogP contribution in [0.1, 0.15) is 46.2 Å². The van der Waals surface area contributed by atoms with Crippen LogP contribution in [-0.4, -0.2) is 54.4 Å². The van der Waals surface area contributed by atoms with Crippen molar-refractivity contribution >= 4 is 17.5 Å². The predicted octanol–water partition coefficient (Wildman–Crippen LogP) is 2.88. The van der Waals surface area contributed by atoms with Crippen LogP contribution in [0.25, 0.3) is 0 Å². The second kappa shape index (κ2) is 9.35. The van der Waals surface area contributed by atoms with Gasteiger partial charge in [0.15, 0.2) is 0 Å². The summed E-state index contributed by atoms with van der Waals surface area (Å²) in [6.45, 7) is 7.69. The molecular weight excluding hydrogens is 352 g/mol. The molecule has 3 rings (SSSR count). The highest BCUT2D eigenvalue weighted by Crippen LogP contribution is 2.18. The summed E-state index contributed by atoms with van der Waals surface area (Å²) in [4.78, 5) is 33.3. The average molecular weight is 380 g/mol. The minimum atomic E-state index is -0.229. The van der Waals surface area contributed by atoms with Crippen LogP contribution in [0.15, 0.2) is 42.6 Å². The minimum Gasteiger partial charge on any atom is -0.368 e. The van der Waals surface area contributed by atoms with Gasteiger partial charge >= 0.3 is 0 Å². The van der Waals surface area contributed by atoms with Gasteiger partial charge < -0.3 is 15.1 Å². The highest BCUT2D eigenvalue weighted by molar-refractivity contribution is 5.98. The number of aryl methyl sites for hydroxylation is 1. The molecule has 1 aliphatic heterocycles. The van der Waals surface area contributed by atoms with Crippen LogP contribution in [-0.2, 0) is 0 Å². The van der Waals surface area contributed by atoms with Crippen LogP contribution < -0.4 is 10.2 Å². The molecule has 2 amide bonds. The summed E-state index contributed by atoms with van der Waals surface area (Å²) in [6, 6.07) is 11.7. The lowest BCUT2D eigenvalue weighted by Crippen LogP contribution is -2.48. The largest absolute Gasteiger partial charge is 0.368 e. The van der Waals surface area contributed by atoms with Gasteiger partial charge in [-0.3, -0.25) is 14.6 Å². The standard InChI is InChI=1S/C22H28N4O2/c1-3-4-9-24-21(27)20-16-18(8-10-23-20)22(28)26-13-11-25(12-14-26)19-7-5-6-17(2)15-19/h5-8,10,15-16H,3-4,9,11-14H2,1-2H3,(H,24,27). The van der Waals surface area contributed by atoms with Gasteiger partial charge in [0, 0.05) is 50.2 Å². The number of nitrogens with one attached hydrogen (secondary N) is 1. The molecule has 2 aromatic rings. The Morgan fingerprint density at radius 1 is 1.11 bits per heavy atom. The Balaban J connectivity index is 1.60. The van der Waals surface area contributed by atoms with Gasteiger partial charge in [-0.1, -0.05) is 25.5 Å². The molecule has 6 nitrogen and oxygen atoms in total. The molecule has 1 saturated heterocycles. The maximum absolute atomic E-state index is 12.9. The summed E-state index contributed by atoms with van der Waals surface area (Å²) in [6.07, 6.45) is 3.47. The summed E-state index contributed by atoms with van der Waals surface area (Å²) in [5, 5.41) is 2.84. The van der Waals surface area contributed by atoms with Gasteiger partial charge in [0.1, 0.15) is 5.69 Å². The smallest absolute Gasteiger partial charge is 0.269 e. The maximum Gasteiger partial charge on any atom is 0.269 e. The van der Waals surface area contributed by atoms with E-state index in [1.807, 2.05) is 4.90 Å². The number of benzene rings is 1. The second-order valence-corrected chi connectivity index (χ2v) is 7.16. The fourth-order valence-electron chi connectivity index (χ4n) is 3.33. The number of carbonyl (C=O) groups excluding carboxylic acids is 2. The normalized spacial score (nSPS) is 14.1. The number of nitrogens with zero attached hydrogens (tertiary/aromatic N) is 3. The number of hydrogen-bond donors (Lipinski definition) is 1. The van der Waals surface area contributed by atoms with Crippen molar-refractivity contribution in [3.8, 4) is 0 Å². The molecule has 1 fully saturated rings. The van der Waals surface area contributed by atoms with Crippen LogP contribution in [0.2, 0.25) is 0 Å². The summed E-state index contributed by atoms with van der Waals surface area (Å²) < 4.78 is 0. The van der Waals surface area contributed by atoms with E-state index in [2.05, 4.69) is 53.3 Å². The number of aromatic nitrogens is 1. The topological polar surface area (TPSA) is 65.5 Å². The van der Waals surface area contributed by atoms with Crippen molar-refractivity contribution in [2.24, 2.45) is 0 Å². The summed E-state index contributed by atoms with van der Waals surface area (Å²) in [5.41, 5.74) is 3.24. The molecular formula is C22H28N4O2. The molecule has 6 heteroatoms. The number of unbranched alkanes of at least 4 members (excludes halogenated alkanes) is 1. The first-order valence-corrected chi connectivity index (χ1v) is 9.93. The van der Waals surface area contributed by atoms with Crippen LogP contribution in [0, 0.1) is 6.92 Å². The van der Waals surface area contributed by atoms with E-state index in [4.69, 9.17) is 0 Å². The Kier molecular flexibility index (Phi) is 6.63. The summed E-state index contributed by atoms with van der Waals surface area (Å²) in [5.74, 6) is -0.277. The summed E-state index contributed by atoms with van der Waals surface area (Å²) in [7, 11) is 0. The van der Waals surface area contributed by atoms with Crippen molar-refractivity contribution in [2.75, 3.05) is 37.6 Å². The highest BCUT2D eigenvalue weighted by Gasteiger charge is 2.23. The van der Waals surface area contributed by atoms with E-state index in [0.29, 0.717) is 30.9 Å². The lowest BCUT2D eigenvalue weighted by molar-refractivity contribution is 0.0746. The quantitative estimate of drug-likeness (QED) is 0.783. The number of amides is 2. The number of anilines is 1. The lowest BCUT2D eigenvalue weighted by atomic mass is 10.1. The Morgan fingerprint density at radius 3 is 2.61 bits per heavy atom. The minimum absolute atomic E-state index is 0.0473. The molecule has 0 bridgehead atoms. The zero-order valence-corrected chi connectivity index (χ0v) is 16.6. The molecule has 148 valence electrons. The van der Waals surface area contributed by atoms with Gasteiger partial charge in [-0.05, 0) is 43.2 Å². The molecule has 28 heavy (non-hydrogen) atoms. The monoisotopic (exact) mass is 380 g/mol. The van der Waals surface area contributed by atoms with E-state index in [0.717, 1.165) is 25.9 Å². The first-order valence-electron chi connectivity index (χ1n) is 9.93. The van der Waals surface area contributed by atoms with Crippen LogP contribution in [0.5, 0.6) is 0 Å². The Labute approximate surface area is 166 Å². The van der Waals surface area contributed by atoms with Crippen molar-refractivity contribution in [3.05, 3.63) is 59.4 Å². The Hall–Kier alpha value is -2.89. The molecule has 2 heterocycles. The first-order chi connectivity index (χ1) is 13.6. The maximum atomic E-state index is 12.9. The third-order valence-electron chi connectivity index (χ3n) is 4.99. The average Bonchev–Trinajstić information content (AvgIpc) is 2.73. The highest BCUT2D eigenvalue weighted by atomic mass is 16.2. The number of hydrogen-bond acceptors (Lipinski definition) is 4. The fourth-order valence-corrected chi connectivity index (χ4v) is 3.33. The van der Waals surface area contributed by atoms with Gasteiger partial charge in [0.2, 0.25) is 0 Å². The molecule has 0 radical (unpaired) electrons. The van der Waals surface area contributed by atoms with Gasteiger partial charge in [-0.25, -0.2) is 0 Å². The predicted molar refractivity (Wildman–Crippen MR) is 111 cm³/mol. The first kappa shape index (κ1) is 19.9. The van der Waals surface area contributed by atoms with Gasteiger partial charge in [-0.2, -0.15) is 0 Å². The number of carbonyl (C=O) groups is 2. The molecule has 1 aromatic heterocycles. The van der Waals surface area contributed by atoms with E-state index in [1.54, 1.807) is 12.1 Å². The van der Waals surface area contributed by atoms with E-state index >= 15 is 0 Å². The van der Waals surface area contributed by atoms with Crippen LogP contribution in [0.3, 0.4) is 0 Å². The fraction of sp³-hybridized carbons (Fsp3) is 0.409. The molecule has 0 spiro atoms. The molecule has 0 atom stereocenters. The SMILES string of the molecule is CCCCNC(=O)c1cc(C(=O)N2CCN(c3cccc(C)c3)CC2)ccn1. The molecule has 1 aliphatic rings. The molecule has 1 N–H and O–H groups in total. The molecule has 1 aromatic carbocycles. The van der Waals surface area contributed by atoms with Crippen molar-refractivity contribution in [2.45, 2.75) is 26.7 Å². The van der Waals surface area contributed by atoms with E-state index in [1.165, 1.54) is 17.4 Å². The number of piperazine rings is 1. The van der Waals surface area contributed by atoms with E-state index in [-0.39, 0.29) is 11.8 Å². The third-order valence-corrected chi connectivity index (χ3v) is 4.99. The van der Waals surface area contributed by atoms with Crippen molar-refractivity contribution in [1.82, 2.24) is 15.2 Å². The van der Waals surface area contributed by atoms with E-state index in [9.17, 15) is 9.59 Å². The zero-order valence-electron chi connectivity index (χ0n) is 16.6. The second-order valence-electron chi connectivity index (χ2n) is 7.16. The van der Waals surface area contributed by atoms with Gasteiger partial charge in [-0.15, -0.1) is 0 Å². The Bertz CT molecular complexity index is 829. The van der Waals surface area contributed by atoms with Gasteiger partial charge in [0.05, 0.1) is 0 Å². The van der Waals surface area contributed by atoms with Gasteiger partial charge in [0.25, 0.3) is 11.8 Å². The Morgan fingerprint density at radius 2 is 1.89 bits per heavy atom. The molecule has 0 unspecified atom stereocenters. The zero-order chi connectivity index (χ0) is 19.9. The number of rotatable bonds is 6. The third kappa shape index (κ3) is 4.88.